The molecule has 1 amide bonds. The van der Waals surface area contributed by atoms with Crippen LogP contribution in [0, 0.1) is 20.8 Å². The van der Waals surface area contributed by atoms with E-state index in [1.807, 2.05) is 31.2 Å². The minimum atomic E-state index is -3.61. The van der Waals surface area contributed by atoms with Crippen LogP contribution in [0.15, 0.2) is 29.2 Å². The largest absolute Gasteiger partial charge is 0.336 e. The Morgan fingerprint density at radius 2 is 1.58 bits per heavy atom. The molecule has 1 saturated heterocycles. The zero-order valence-corrected chi connectivity index (χ0v) is 16.4. The second kappa shape index (κ2) is 6.85. The smallest absolute Gasteiger partial charge is 0.253 e. The molecule has 0 atom stereocenters. The van der Waals surface area contributed by atoms with Crippen molar-refractivity contribution in [1.29, 1.82) is 0 Å². The van der Waals surface area contributed by atoms with Gasteiger partial charge in [0.25, 0.3) is 5.91 Å². The maximum atomic E-state index is 13.0. The third-order valence-electron chi connectivity index (χ3n) is 4.86. The molecule has 1 aromatic heterocycles. The molecule has 0 bridgehead atoms. The first-order chi connectivity index (χ1) is 12.2. The number of carbonyl (C=O) groups is 1. The number of aryl methyl sites for hydroxylation is 3. The lowest BCUT2D eigenvalue weighted by Gasteiger charge is -2.34. The summed E-state index contributed by atoms with van der Waals surface area (Å²) in [5.41, 5.74) is 2.86. The fourth-order valence-corrected chi connectivity index (χ4v) is 5.09. The van der Waals surface area contributed by atoms with Gasteiger partial charge in [-0.15, -0.1) is 0 Å². The zero-order valence-electron chi connectivity index (χ0n) is 15.6. The monoisotopic (exact) mass is 376 g/mol. The highest BCUT2D eigenvalue weighted by atomic mass is 32.2. The molecule has 140 valence electrons. The maximum absolute atomic E-state index is 13.0. The molecular weight excluding hydrogens is 352 g/mol. The molecule has 0 aliphatic carbocycles. The van der Waals surface area contributed by atoms with E-state index in [1.165, 1.54) is 4.31 Å². The Bertz CT molecular complexity index is 924. The van der Waals surface area contributed by atoms with E-state index in [0.717, 1.165) is 5.56 Å². The molecule has 0 spiro atoms. The lowest BCUT2D eigenvalue weighted by atomic mass is 10.1. The van der Waals surface area contributed by atoms with E-state index in [4.69, 9.17) is 0 Å². The van der Waals surface area contributed by atoms with Crippen molar-refractivity contribution in [3.63, 3.8) is 0 Å². The summed E-state index contributed by atoms with van der Waals surface area (Å²) in [6, 6.07) is 7.43. The van der Waals surface area contributed by atoms with Crippen molar-refractivity contribution < 1.29 is 13.2 Å². The number of rotatable bonds is 3. The molecule has 0 saturated carbocycles. The Morgan fingerprint density at radius 1 is 1.00 bits per heavy atom. The van der Waals surface area contributed by atoms with Crippen LogP contribution in [0.5, 0.6) is 0 Å². The molecule has 3 rings (SSSR count). The van der Waals surface area contributed by atoms with Crippen molar-refractivity contribution in [2.45, 2.75) is 25.7 Å². The van der Waals surface area contributed by atoms with Crippen LogP contribution in [-0.4, -0.2) is 59.5 Å². The number of aromatic nitrogens is 2. The van der Waals surface area contributed by atoms with E-state index in [-0.39, 0.29) is 23.9 Å². The van der Waals surface area contributed by atoms with Crippen LogP contribution in [0.4, 0.5) is 0 Å². The summed E-state index contributed by atoms with van der Waals surface area (Å²) < 4.78 is 29.0. The second-order valence-corrected chi connectivity index (χ2v) is 8.56. The fourth-order valence-electron chi connectivity index (χ4n) is 3.27. The molecule has 1 aromatic carbocycles. The van der Waals surface area contributed by atoms with Crippen molar-refractivity contribution in [1.82, 2.24) is 19.0 Å². The predicted octanol–water partition coefficient (Wildman–Crippen LogP) is 1.49. The quantitative estimate of drug-likeness (QED) is 0.813. The van der Waals surface area contributed by atoms with Gasteiger partial charge in [-0.3, -0.25) is 9.48 Å². The molecule has 1 aliphatic rings. The molecule has 2 aromatic rings. The highest BCUT2D eigenvalue weighted by Crippen LogP contribution is 2.24. The lowest BCUT2D eigenvalue weighted by Crippen LogP contribution is -2.50. The summed E-state index contributed by atoms with van der Waals surface area (Å²) in [6.07, 6.45) is 0. The van der Waals surface area contributed by atoms with Crippen LogP contribution in [0.25, 0.3) is 0 Å². The van der Waals surface area contributed by atoms with Crippen molar-refractivity contribution in [3.8, 4) is 0 Å². The van der Waals surface area contributed by atoms with E-state index in [1.54, 1.807) is 30.5 Å². The van der Waals surface area contributed by atoms with E-state index in [2.05, 4.69) is 5.10 Å². The van der Waals surface area contributed by atoms with Gasteiger partial charge in [-0.05, 0) is 32.9 Å². The Morgan fingerprint density at radius 3 is 2.08 bits per heavy atom. The lowest BCUT2D eigenvalue weighted by molar-refractivity contribution is 0.0698. The Balaban J connectivity index is 1.73. The number of amides is 1. The van der Waals surface area contributed by atoms with Crippen LogP contribution in [-0.2, 0) is 17.1 Å². The standard InChI is InChI=1S/C18H24N4O3S/c1-13-5-7-16(8-6-13)18(23)21-9-11-22(12-10-21)26(24,25)17-14(2)19-20(4)15(17)3/h5-8H,9-12H2,1-4H3. The van der Waals surface area contributed by atoms with E-state index < -0.39 is 10.0 Å². The first-order valence-corrected chi connectivity index (χ1v) is 10.0. The summed E-state index contributed by atoms with van der Waals surface area (Å²) >= 11 is 0. The van der Waals surface area contributed by atoms with E-state index >= 15 is 0 Å². The highest BCUT2D eigenvalue weighted by Gasteiger charge is 2.34. The SMILES string of the molecule is Cc1ccc(C(=O)N2CCN(S(=O)(=O)c3c(C)nn(C)c3C)CC2)cc1. The van der Waals surface area contributed by atoms with Crippen molar-refractivity contribution in [3.05, 3.63) is 46.8 Å². The van der Waals surface area contributed by atoms with Gasteiger partial charge in [0.1, 0.15) is 4.90 Å². The summed E-state index contributed by atoms with van der Waals surface area (Å²) in [5, 5.41) is 4.21. The number of piperazine rings is 1. The van der Waals surface area contributed by atoms with Gasteiger partial charge in [-0.2, -0.15) is 9.40 Å². The summed E-state index contributed by atoms with van der Waals surface area (Å²) in [6.45, 7) is 6.76. The van der Waals surface area contributed by atoms with Crippen LogP contribution in [0.2, 0.25) is 0 Å². The average Bonchev–Trinajstić information content (AvgIpc) is 2.87. The van der Waals surface area contributed by atoms with Gasteiger partial charge in [0.15, 0.2) is 0 Å². The predicted molar refractivity (Wildman–Crippen MR) is 98.5 cm³/mol. The second-order valence-electron chi connectivity index (χ2n) is 6.69. The van der Waals surface area contributed by atoms with Gasteiger partial charge in [0.05, 0.1) is 11.4 Å². The Kier molecular flexibility index (Phi) is 4.90. The Labute approximate surface area is 154 Å². The molecular formula is C18H24N4O3S. The maximum Gasteiger partial charge on any atom is 0.253 e. The third kappa shape index (κ3) is 3.26. The van der Waals surface area contributed by atoms with Gasteiger partial charge in [0, 0.05) is 38.8 Å². The van der Waals surface area contributed by atoms with Crippen LogP contribution >= 0.6 is 0 Å². The van der Waals surface area contributed by atoms with Crippen LogP contribution in [0.3, 0.4) is 0 Å². The number of carbonyl (C=O) groups excluding carboxylic acids is 1. The minimum Gasteiger partial charge on any atom is -0.336 e. The van der Waals surface area contributed by atoms with Gasteiger partial charge < -0.3 is 4.90 Å². The minimum absolute atomic E-state index is 0.0595. The van der Waals surface area contributed by atoms with Gasteiger partial charge in [-0.1, -0.05) is 17.7 Å². The summed E-state index contributed by atoms with van der Waals surface area (Å²) in [4.78, 5) is 14.6. The summed E-state index contributed by atoms with van der Waals surface area (Å²) in [7, 11) is -1.87. The first kappa shape index (κ1) is 18.6. The fraction of sp³-hybridized carbons (Fsp3) is 0.444. The number of hydrogen-bond acceptors (Lipinski definition) is 4. The molecule has 1 fully saturated rings. The molecule has 7 nitrogen and oxygen atoms in total. The topological polar surface area (TPSA) is 75.5 Å². The van der Waals surface area contributed by atoms with Crippen molar-refractivity contribution >= 4 is 15.9 Å². The number of benzene rings is 1. The molecule has 0 N–H and O–H groups in total. The normalized spacial score (nSPS) is 16.1. The molecule has 0 radical (unpaired) electrons. The van der Waals surface area contributed by atoms with Crippen molar-refractivity contribution in [2.75, 3.05) is 26.2 Å². The van der Waals surface area contributed by atoms with Crippen molar-refractivity contribution in [2.24, 2.45) is 7.05 Å². The molecule has 1 aliphatic heterocycles. The first-order valence-electron chi connectivity index (χ1n) is 8.58. The number of hydrogen-bond donors (Lipinski definition) is 0. The number of sulfonamides is 1. The Hall–Kier alpha value is -2.19. The van der Waals surface area contributed by atoms with E-state index in [0.29, 0.717) is 30.0 Å². The van der Waals surface area contributed by atoms with Crippen LogP contribution in [0.1, 0.15) is 27.3 Å². The average molecular weight is 376 g/mol. The molecule has 2 heterocycles. The van der Waals surface area contributed by atoms with Gasteiger partial charge in [0.2, 0.25) is 10.0 Å². The van der Waals surface area contributed by atoms with Crippen LogP contribution < -0.4 is 0 Å². The van der Waals surface area contributed by atoms with Gasteiger partial charge in [-0.25, -0.2) is 8.42 Å². The molecule has 8 heteroatoms. The number of nitrogens with zero attached hydrogens (tertiary/aromatic N) is 4. The molecule has 26 heavy (non-hydrogen) atoms. The molecule has 0 unspecified atom stereocenters. The van der Waals surface area contributed by atoms with E-state index in [9.17, 15) is 13.2 Å². The summed E-state index contributed by atoms with van der Waals surface area (Å²) in [5.74, 6) is -0.0595. The third-order valence-corrected chi connectivity index (χ3v) is 7.02. The highest BCUT2D eigenvalue weighted by molar-refractivity contribution is 7.89. The van der Waals surface area contributed by atoms with Gasteiger partial charge >= 0.3 is 0 Å². The zero-order chi connectivity index (χ0) is 19.1.